The van der Waals surface area contributed by atoms with Gasteiger partial charge in [-0.25, -0.2) is 0 Å². The molecule has 0 amide bonds. The molecule has 1 heterocycles. The van der Waals surface area contributed by atoms with Gasteiger partial charge in [0, 0.05) is 18.3 Å². The molecule has 0 atom stereocenters. The van der Waals surface area contributed by atoms with Crippen molar-refractivity contribution < 1.29 is 0 Å². The van der Waals surface area contributed by atoms with Crippen LogP contribution in [0.4, 0.5) is 5.69 Å². The van der Waals surface area contributed by atoms with E-state index in [1.807, 2.05) is 10.9 Å². The van der Waals surface area contributed by atoms with Crippen LogP contribution < -0.4 is 5.73 Å². The van der Waals surface area contributed by atoms with Gasteiger partial charge in [-0.05, 0) is 31.9 Å². The number of nitrogens with two attached hydrogens (primary N) is 1. The lowest BCUT2D eigenvalue weighted by atomic mass is 10.0. The zero-order chi connectivity index (χ0) is 13.1. The summed E-state index contributed by atoms with van der Waals surface area (Å²) in [7, 11) is 0. The van der Waals surface area contributed by atoms with E-state index in [-0.39, 0.29) is 0 Å². The molecule has 0 aliphatic heterocycles. The Balaban J connectivity index is 2.38. The van der Waals surface area contributed by atoms with Crippen molar-refractivity contribution >= 4 is 5.69 Å². The summed E-state index contributed by atoms with van der Waals surface area (Å²) < 4.78 is 1.95. The molecule has 0 unspecified atom stereocenters. The highest BCUT2D eigenvalue weighted by Gasteiger charge is 2.10. The predicted molar refractivity (Wildman–Crippen MR) is 76.5 cm³/mol. The van der Waals surface area contributed by atoms with Crippen LogP contribution in [0.5, 0.6) is 0 Å². The zero-order valence-electron chi connectivity index (χ0n) is 11.4. The van der Waals surface area contributed by atoms with Crippen LogP contribution in [0.25, 0.3) is 11.3 Å². The van der Waals surface area contributed by atoms with E-state index in [9.17, 15) is 0 Å². The molecule has 96 valence electrons. The molecule has 1 aromatic carbocycles. The second-order valence-corrected chi connectivity index (χ2v) is 4.87. The Morgan fingerprint density at radius 3 is 2.78 bits per heavy atom. The molecule has 2 N–H and O–H groups in total. The van der Waals surface area contributed by atoms with Gasteiger partial charge in [0.25, 0.3) is 0 Å². The number of aromatic nitrogens is 2. The molecule has 3 heteroatoms. The molecule has 2 aromatic rings. The Morgan fingerprint density at radius 2 is 2.06 bits per heavy atom. The molecular weight excluding hydrogens is 222 g/mol. The van der Waals surface area contributed by atoms with Crippen molar-refractivity contribution in [3.05, 3.63) is 35.5 Å². The highest BCUT2D eigenvalue weighted by atomic mass is 15.3. The summed E-state index contributed by atoms with van der Waals surface area (Å²) in [5.41, 5.74) is 11.3. The van der Waals surface area contributed by atoms with E-state index in [2.05, 4.69) is 44.1 Å². The van der Waals surface area contributed by atoms with Gasteiger partial charge in [-0.3, -0.25) is 4.68 Å². The number of benzene rings is 1. The van der Waals surface area contributed by atoms with Crippen LogP contribution in [0.2, 0.25) is 0 Å². The van der Waals surface area contributed by atoms with Gasteiger partial charge in [0.2, 0.25) is 0 Å². The Labute approximate surface area is 109 Å². The van der Waals surface area contributed by atoms with Gasteiger partial charge in [-0.1, -0.05) is 31.0 Å². The van der Waals surface area contributed by atoms with E-state index in [4.69, 9.17) is 5.73 Å². The molecule has 0 aliphatic rings. The Hall–Kier alpha value is -1.77. The number of hydrogen-bond acceptors (Lipinski definition) is 2. The molecule has 3 nitrogen and oxygen atoms in total. The number of hydrogen-bond donors (Lipinski definition) is 1. The minimum Gasteiger partial charge on any atom is -0.396 e. The zero-order valence-corrected chi connectivity index (χ0v) is 11.4. The number of aryl methyl sites for hydroxylation is 3. The molecular formula is C15H21N3. The smallest absolute Gasteiger partial charge is 0.115 e. The second kappa shape index (κ2) is 5.25. The summed E-state index contributed by atoms with van der Waals surface area (Å²) in [6, 6.07) is 6.39. The third-order valence-electron chi connectivity index (χ3n) is 3.18. The molecule has 2 rings (SSSR count). The average Bonchev–Trinajstić information content (AvgIpc) is 2.71. The second-order valence-electron chi connectivity index (χ2n) is 4.87. The third-order valence-corrected chi connectivity index (χ3v) is 3.18. The first-order valence-corrected chi connectivity index (χ1v) is 6.52. The van der Waals surface area contributed by atoms with Gasteiger partial charge >= 0.3 is 0 Å². The van der Waals surface area contributed by atoms with Gasteiger partial charge in [0.05, 0.1) is 5.69 Å². The monoisotopic (exact) mass is 243 g/mol. The van der Waals surface area contributed by atoms with Gasteiger partial charge in [0.1, 0.15) is 5.69 Å². The summed E-state index contributed by atoms with van der Waals surface area (Å²) in [6.07, 6.45) is 4.23. The van der Waals surface area contributed by atoms with Gasteiger partial charge < -0.3 is 5.73 Å². The van der Waals surface area contributed by atoms with Gasteiger partial charge in [0.15, 0.2) is 0 Å². The van der Waals surface area contributed by atoms with E-state index < -0.39 is 0 Å². The van der Waals surface area contributed by atoms with Gasteiger partial charge in [-0.2, -0.15) is 5.10 Å². The number of nitrogen functional groups attached to an aromatic ring is 1. The van der Waals surface area contributed by atoms with Crippen molar-refractivity contribution in [3.8, 4) is 11.3 Å². The summed E-state index contributed by atoms with van der Waals surface area (Å²) >= 11 is 0. The minimum absolute atomic E-state index is 0.764. The number of unbranched alkanes of at least 4 members (excludes halogenated alkanes) is 1. The van der Waals surface area contributed by atoms with Crippen molar-refractivity contribution in [2.45, 2.75) is 40.2 Å². The summed E-state index contributed by atoms with van der Waals surface area (Å²) in [5, 5.41) is 4.61. The summed E-state index contributed by atoms with van der Waals surface area (Å²) in [6.45, 7) is 7.30. The molecule has 0 bridgehead atoms. The number of rotatable bonds is 4. The third kappa shape index (κ3) is 2.55. The molecule has 0 saturated heterocycles. The van der Waals surface area contributed by atoms with Crippen molar-refractivity contribution in [1.29, 1.82) is 0 Å². The fourth-order valence-electron chi connectivity index (χ4n) is 2.07. The Morgan fingerprint density at radius 1 is 1.28 bits per heavy atom. The maximum Gasteiger partial charge on any atom is 0.115 e. The normalized spacial score (nSPS) is 10.8. The van der Waals surface area contributed by atoms with Crippen LogP contribution in [0, 0.1) is 13.8 Å². The molecule has 18 heavy (non-hydrogen) atoms. The first-order chi connectivity index (χ1) is 8.61. The lowest BCUT2D eigenvalue weighted by Gasteiger charge is -2.05. The lowest BCUT2D eigenvalue weighted by Crippen LogP contribution is -1.98. The van der Waals surface area contributed by atoms with E-state index in [1.165, 1.54) is 17.5 Å². The lowest BCUT2D eigenvalue weighted by molar-refractivity contribution is 0.573. The quantitative estimate of drug-likeness (QED) is 0.892. The first-order valence-electron chi connectivity index (χ1n) is 6.52. The SMILES string of the molecule is CCCCn1cc(N)c(-c2cc(C)ccc2C)n1. The fraction of sp³-hybridized carbons (Fsp3) is 0.400. The molecule has 1 aromatic heterocycles. The maximum atomic E-state index is 6.08. The van der Waals surface area contributed by atoms with E-state index in [0.29, 0.717) is 0 Å². The van der Waals surface area contributed by atoms with Crippen LogP contribution in [0.15, 0.2) is 24.4 Å². The van der Waals surface area contributed by atoms with Crippen LogP contribution in [0.1, 0.15) is 30.9 Å². The predicted octanol–water partition coefficient (Wildman–Crippen LogP) is 3.55. The first kappa shape index (κ1) is 12.7. The van der Waals surface area contributed by atoms with E-state index in [0.717, 1.165) is 29.9 Å². The Kier molecular flexibility index (Phi) is 3.70. The largest absolute Gasteiger partial charge is 0.396 e. The Bertz CT molecular complexity index is 541. The molecule has 0 saturated carbocycles. The summed E-state index contributed by atoms with van der Waals surface area (Å²) in [5.74, 6) is 0. The standard InChI is InChI=1S/C15H21N3/c1-4-5-8-18-10-14(16)15(17-18)13-9-11(2)6-7-12(13)3/h6-7,9-10H,4-5,8,16H2,1-3H3. The highest BCUT2D eigenvalue weighted by Crippen LogP contribution is 2.28. The fourth-order valence-corrected chi connectivity index (χ4v) is 2.07. The topological polar surface area (TPSA) is 43.8 Å². The van der Waals surface area contributed by atoms with E-state index >= 15 is 0 Å². The highest BCUT2D eigenvalue weighted by molar-refractivity contribution is 5.74. The van der Waals surface area contributed by atoms with Crippen LogP contribution in [0.3, 0.4) is 0 Å². The van der Waals surface area contributed by atoms with Crippen molar-refractivity contribution in [2.24, 2.45) is 0 Å². The number of nitrogens with zero attached hydrogens (tertiary/aromatic N) is 2. The van der Waals surface area contributed by atoms with E-state index in [1.54, 1.807) is 0 Å². The van der Waals surface area contributed by atoms with Crippen LogP contribution in [-0.4, -0.2) is 9.78 Å². The maximum absolute atomic E-state index is 6.08. The van der Waals surface area contributed by atoms with Gasteiger partial charge in [-0.15, -0.1) is 0 Å². The molecule has 0 fully saturated rings. The van der Waals surface area contributed by atoms with Crippen molar-refractivity contribution in [2.75, 3.05) is 5.73 Å². The minimum atomic E-state index is 0.764. The molecule has 0 aliphatic carbocycles. The molecule has 0 radical (unpaired) electrons. The van der Waals surface area contributed by atoms with Crippen LogP contribution in [-0.2, 0) is 6.54 Å². The number of anilines is 1. The van der Waals surface area contributed by atoms with Crippen molar-refractivity contribution in [1.82, 2.24) is 9.78 Å². The molecule has 0 spiro atoms. The van der Waals surface area contributed by atoms with Crippen LogP contribution >= 0.6 is 0 Å². The summed E-state index contributed by atoms with van der Waals surface area (Å²) in [4.78, 5) is 0. The van der Waals surface area contributed by atoms with Crippen molar-refractivity contribution in [3.63, 3.8) is 0 Å². The average molecular weight is 243 g/mol.